The minimum absolute atomic E-state index is 0.105. The minimum Gasteiger partial charge on any atom is -0.479 e. The smallest absolute Gasteiger partial charge is 0.331 e. The molecule has 96 valence electrons. The molecule has 1 amide bonds. The number of amides is 1. The lowest BCUT2D eigenvalue weighted by Gasteiger charge is -2.24. The molecule has 1 heterocycles. The molecule has 0 spiro atoms. The Morgan fingerprint density at radius 1 is 1.44 bits per heavy atom. The highest BCUT2D eigenvalue weighted by Gasteiger charge is 2.37. The zero-order valence-corrected chi connectivity index (χ0v) is 11.1. The highest BCUT2D eigenvalue weighted by molar-refractivity contribution is 7.81. The molecule has 1 aromatic rings. The predicted molar refractivity (Wildman–Crippen MR) is 70.9 cm³/mol. The van der Waals surface area contributed by atoms with Crippen molar-refractivity contribution in [2.45, 2.75) is 17.7 Å². The van der Waals surface area contributed by atoms with Gasteiger partial charge >= 0.3 is 5.97 Å². The number of carbonyl (C=O) groups excluding carboxylic acids is 1. The first-order chi connectivity index (χ1) is 8.49. The van der Waals surface area contributed by atoms with Crippen molar-refractivity contribution < 1.29 is 14.7 Å². The van der Waals surface area contributed by atoms with Gasteiger partial charge in [0.15, 0.2) is 6.04 Å². The van der Waals surface area contributed by atoms with Gasteiger partial charge in [-0.2, -0.15) is 12.6 Å². The average Bonchev–Trinajstić information content (AvgIpc) is 2.61. The fraction of sp³-hybridized carbons (Fsp3) is 0.333. The third kappa shape index (κ3) is 2.62. The van der Waals surface area contributed by atoms with E-state index >= 15 is 0 Å². The highest BCUT2D eigenvalue weighted by Crippen LogP contribution is 2.28. The molecule has 1 aromatic carbocycles. The summed E-state index contributed by atoms with van der Waals surface area (Å²) in [7, 11) is 0. The van der Waals surface area contributed by atoms with Crippen LogP contribution in [-0.4, -0.2) is 33.7 Å². The van der Waals surface area contributed by atoms with Crippen molar-refractivity contribution in [3.05, 3.63) is 34.9 Å². The van der Waals surface area contributed by atoms with Gasteiger partial charge in [-0.15, -0.1) is 0 Å². The zero-order valence-electron chi connectivity index (χ0n) is 9.41. The number of halogens is 1. The number of rotatable bonds is 3. The summed E-state index contributed by atoms with van der Waals surface area (Å²) in [5.74, 6) is -1.23. The van der Waals surface area contributed by atoms with E-state index < -0.39 is 12.0 Å². The van der Waals surface area contributed by atoms with E-state index in [1.54, 1.807) is 24.3 Å². The number of aliphatic carboxylic acids is 1. The molecule has 0 saturated carbocycles. The van der Waals surface area contributed by atoms with Crippen LogP contribution in [0, 0.1) is 0 Å². The summed E-state index contributed by atoms with van der Waals surface area (Å²) in [6, 6.07) is 5.52. The molecule has 1 aliphatic rings. The van der Waals surface area contributed by atoms with Gasteiger partial charge in [0.05, 0.1) is 0 Å². The summed E-state index contributed by atoms with van der Waals surface area (Å²) in [5, 5.41) is 9.73. The number of thiol groups is 1. The molecule has 18 heavy (non-hydrogen) atoms. The number of nitrogens with zero attached hydrogens (tertiary/aromatic N) is 1. The van der Waals surface area contributed by atoms with Gasteiger partial charge in [-0.05, 0) is 17.7 Å². The van der Waals surface area contributed by atoms with Gasteiger partial charge in [-0.1, -0.05) is 23.7 Å². The number of benzene rings is 1. The molecule has 1 fully saturated rings. The molecule has 1 N–H and O–H groups in total. The van der Waals surface area contributed by atoms with Crippen molar-refractivity contribution in [2.75, 3.05) is 6.54 Å². The quantitative estimate of drug-likeness (QED) is 0.835. The Bertz CT molecular complexity index is 477. The van der Waals surface area contributed by atoms with Crippen molar-refractivity contribution in [3.63, 3.8) is 0 Å². The Morgan fingerprint density at radius 3 is 2.50 bits per heavy atom. The molecule has 0 bridgehead atoms. The predicted octanol–water partition coefficient (Wildman–Crippen LogP) is 2.00. The summed E-state index contributed by atoms with van der Waals surface area (Å²) in [6.45, 7) is 0.349. The highest BCUT2D eigenvalue weighted by atomic mass is 35.5. The lowest BCUT2D eigenvalue weighted by Crippen LogP contribution is -2.35. The van der Waals surface area contributed by atoms with Gasteiger partial charge in [0.25, 0.3) is 0 Å². The van der Waals surface area contributed by atoms with Crippen molar-refractivity contribution in [2.24, 2.45) is 0 Å². The van der Waals surface area contributed by atoms with Crippen molar-refractivity contribution in [1.29, 1.82) is 0 Å². The van der Waals surface area contributed by atoms with Crippen LogP contribution < -0.4 is 0 Å². The lowest BCUT2D eigenvalue weighted by molar-refractivity contribution is -0.148. The fourth-order valence-electron chi connectivity index (χ4n) is 2.06. The number of carboxylic acid groups (broad SMARTS) is 1. The van der Waals surface area contributed by atoms with E-state index in [9.17, 15) is 14.7 Å². The van der Waals surface area contributed by atoms with Gasteiger partial charge in [0.1, 0.15) is 0 Å². The second kappa shape index (κ2) is 5.20. The first-order valence-electron chi connectivity index (χ1n) is 5.45. The van der Waals surface area contributed by atoms with Crippen LogP contribution in [0.1, 0.15) is 18.0 Å². The van der Waals surface area contributed by atoms with Gasteiger partial charge in [-0.3, -0.25) is 4.79 Å². The van der Waals surface area contributed by atoms with E-state index in [2.05, 4.69) is 12.6 Å². The normalized spacial score (nSPS) is 21.1. The number of likely N-dealkylation sites (tertiary alicyclic amines) is 1. The summed E-state index contributed by atoms with van der Waals surface area (Å²) in [4.78, 5) is 24.5. The molecule has 0 aliphatic carbocycles. The molecular weight excluding hydrogens is 274 g/mol. The Morgan fingerprint density at radius 2 is 2.06 bits per heavy atom. The van der Waals surface area contributed by atoms with Crippen LogP contribution in [0.5, 0.6) is 0 Å². The third-order valence-corrected chi connectivity index (χ3v) is 3.47. The van der Waals surface area contributed by atoms with Crippen LogP contribution in [-0.2, 0) is 9.59 Å². The van der Waals surface area contributed by atoms with Crippen LogP contribution in [0.4, 0.5) is 0 Å². The van der Waals surface area contributed by atoms with Crippen LogP contribution in [0.15, 0.2) is 24.3 Å². The Labute approximate surface area is 115 Å². The molecule has 6 heteroatoms. The number of carbonyl (C=O) groups is 2. The molecule has 1 aliphatic heterocycles. The van der Waals surface area contributed by atoms with E-state index in [0.717, 1.165) is 0 Å². The maximum absolute atomic E-state index is 11.8. The lowest BCUT2D eigenvalue weighted by atomic mass is 10.1. The molecule has 2 rings (SSSR count). The summed E-state index contributed by atoms with van der Waals surface area (Å²) in [6.07, 6.45) is 0.278. The first kappa shape index (κ1) is 13.2. The van der Waals surface area contributed by atoms with E-state index in [4.69, 9.17) is 11.6 Å². The summed E-state index contributed by atoms with van der Waals surface area (Å²) in [5.41, 5.74) is 0.544. The van der Waals surface area contributed by atoms with Gasteiger partial charge < -0.3 is 10.0 Å². The van der Waals surface area contributed by atoms with Crippen LogP contribution in [0.3, 0.4) is 0 Å². The van der Waals surface area contributed by atoms with Gasteiger partial charge in [0.2, 0.25) is 5.91 Å². The van der Waals surface area contributed by atoms with Crippen LogP contribution >= 0.6 is 24.2 Å². The fourth-order valence-corrected chi connectivity index (χ4v) is 2.52. The standard InChI is InChI=1S/C12H12ClNO3S/c13-8-3-1-7(2-4-8)11(12(16)17)14-6-9(18)5-10(14)15/h1-4,9,11,18H,5-6H2,(H,16,17). The van der Waals surface area contributed by atoms with E-state index in [-0.39, 0.29) is 17.6 Å². The number of hydrogen-bond acceptors (Lipinski definition) is 3. The van der Waals surface area contributed by atoms with E-state index in [1.807, 2.05) is 0 Å². The maximum atomic E-state index is 11.8. The van der Waals surface area contributed by atoms with Crippen molar-refractivity contribution in [1.82, 2.24) is 4.90 Å². The Hall–Kier alpha value is -1.20. The zero-order chi connectivity index (χ0) is 13.3. The second-order valence-electron chi connectivity index (χ2n) is 4.20. The Balaban J connectivity index is 2.32. The summed E-state index contributed by atoms with van der Waals surface area (Å²) < 4.78 is 0. The van der Waals surface area contributed by atoms with E-state index in [0.29, 0.717) is 17.1 Å². The molecule has 2 atom stereocenters. The molecule has 0 aromatic heterocycles. The topological polar surface area (TPSA) is 57.6 Å². The number of carboxylic acids is 1. The molecule has 0 radical (unpaired) electrons. The van der Waals surface area contributed by atoms with Gasteiger partial charge in [0, 0.05) is 23.2 Å². The van der Waals surface area contributed by atoms with E-state index in [1.165, 1.54) is 4.90 Å². The monoisotopic (exact) mass is 285 g/mol. The largest absolute Gasteiger partial charge is 0.479 e. The average molecular weight is 286 g/mol. The van der Waals surface area contributed by atoms with Crippen molar-refractivity contribution in [3.8, 4) is 0 Å². The maximum Gasteiger partial charge on any atom is 0.331 e. The summed E-state index contributed by atoms with van der Waals surface area (Å²) >= 11 is 9.99. The minimum atomic E-state index is -1.05. The molecule has 4 nitrogen and oxygen atoms in total. The molecule has 2 unspecified atom stereocenters. The van der Waals surface area contributed by atoms with Gasteiger partial charge in [-0.25, -0.2) is 4.79 Å². The first-order valence-corrected chi connectivity index (χ1v) is 6.34. The number of hydrogen-bond donors (Lipinski definition) is 2. The van der Waals surface area contributed by atoms with Crippen LogP contribution in [0.2, 0.25) is 5.02 Å². The van der Waals surface area contributed by atoms with Crippen LogP contribution in [0.25, 0.3) is 0 Å². The SMILES string of the molecule is O=C(O)C(c1ccc(Cl)cc1)N1CC(S)CC1=O. The molecule has 1 saturated heterocycles. The third-order valence-electron chi connectivity index (χ3n) is 2.87. The molecular formula is C12H12ClNO3S. The second-order valence-corrected chi connectivity index (χ2v) is 5.36. The van der Waals surface area contributed by atoms with Crippen molar-refractivity contribution >= 4 is 36.1 Å². The Kier molecular flexibility index (Phi) is 3.82.